The SMILES string of the molecule is CN(C)Cc1cccc[c]1[Sn]([N]=[N+]=[N-])([c]1ccccc1CN(C)C)[N]([Si](C)(C)C)[Si](C)(C)C. The van der Waals surface area contributed by atoms with E-state index in [4.69, 9.17) is 3.34 Å². The fourth-order valence-electron chi connectivity index (χ4n) is 5.26. The van der Waals surface area contributed by atoms with Gasteiger partial charge in [-0.2, -0.15) is 0 Å². The second kappa shape index (κ2) is 11.1. The van der Waals surface area contributed by atoms with Crippen LogP contribution in [0.1, 0.15) is 11.1 Å². The molecule has 0 aliphatic rings. The third-order valence-corrected chi connectivity index (χ3v) is 38.2. The second-order valence-corrected chi connectivity index (χ2v) is 32.7. The number of rotatable bonds is 10. The van der Waals surface area contributed by atoms with Crippen LogP contribution in [-0.2, 0) is 13.1 Å². The van der Waals surface area contributed by atoms with Crippen molar-refractivity contribution in [1.82, 2.24) is 12.3 Å². The first-order chi connectivity index (χ1) is 15.2. The molecule has 0 saturated heterocycles. The summed E-state index contributed by atoms with van der Waals surface area (Å²) in [7, 11) is 4.65. The normalized spacial score (nSPS) is 13.0. The van der Waals surface area contributed by atoms with Crippen molar-refractivity contribution in [3.8, 4) is 0 Å². The molecule has 0 fully saturated rings. The van der Waals surface area contributed by atoms with Crippen LogP contribution < -0.4 is 7.16 Å². The van der Waals surface area contributed by atoms with Crippen molar-refractivity contribution in [3.63, 3.8) is 0 Å². The predicted molar refractivity (Wildman–Crippen MR) is 150 cm³/mol. The van der Waals surface area contributed by atoms with Gasteiger partial charge in [0.25, 0.3) is 0 Å². The summed E-state index contributed by atoms with van der Waals surface area (Å²) in [5.74, 6) is 0. The quantitative estimate of drug-likeness (QED) is 0.176. The van der Waals surface area contributed by atoms with Crippen LogP contribution in [-0.4, -0.2) is 75.8 Å². The number of azide groups is 1. The molecule has 0 N–H and O–H groups in total. The Hall–Kier alpha value is -1.14. The molecule has 9 heteroatoms. The third-order valence-electron chi connectivity index (χ3n) is 5.61. The summed E-state index contributed by atoms with van der Waals surface area (Å²) in [5, 5.41) is 0. The van der Waals surface area contributed by atoms with Crippen molar-refractivity contribution >= 4 is 42.6 Å². The second-order valence-electron chi connectivity index (χ2n) is 11.3. The molecule has 2 aromatic rings. The Morgan fingerprint density at radius 1 is 0.727 bits per heavy atom. The Morgan fingerprint density at radius 2 is 1.09 bits per heavy atom. The average molecular weight is 590 g/mol. The molecule has 0 aromatic heterocycles. The maximum atomic E-state index is 10.1. The number of benzene rings is 2. The summed E-state index contributed by atoms with van der Waals surface area (Å²) in [6.45, 7) is 16.2. The summed E-state index contributed by atoms with van der Waals surface area (Å²) in [5.41, 5.74) is 12.7. The molecule has 0 unspecified atom stereocenters. The fraction of sp³-hybridized carbons (Fsp3) is 0.500. The minimum absolute atomic E-state index is 0.830. The van der Waals surface area contributed by atoms with Gasteiger partial charge in [0.15, 0.2) is 0 Å². The van der Waals surface area contributed by atoms with Gasteiger partial charge in [0.1, 0.15) is 0 Å². The van der Waals surface area contributed by atoms with E-state index in [1.54, 1.807) is 0 Å². The first-order valence-corrected chi connectivity index (χ1v) is 23.9. The molecule has 180 valence electrons. The summed E-state index contributed by atoms with van der Waals surface area (Å²) >= 11 is -4.16. The van der Waals surface area contributed by atoms with Crippen molar-refractivity contribution in [2.24, 2.45) is 3.34 Å². The molecule has 0 bridgehead atoms. The molecular weight excluding hydrogens is 547 g/mol. The van der Waals surface area contributed by atoms with Gasteiger partial charge in [-0.1, -0.05) is 0 Å². The average Bonchev–Trinajstić information content (AvgIpc) is 2.65. The van der Waals surface area contributed by atoms with Gasteiger partial charge in [-0.25, -0.2) is 0 Å². The Kier molecular flexibility index (Phi) is 9.43. The molecule has 2 aromatic carbocycles. The number of hydrogen-bond donors (Lipinski definition) is 0. The molecule has 6 nitrogen and oxygen atoms in total. The molecule has 2 rings (SSSR count). The standard InChI is InChI=1S/2C9H12N.C6H18NSi2.N3.Sn/c2*1-10(2)8-9-6-4-3-5-7-9;1-8(2,3)7-9(4,5)6;1-3-2;/h2*3-6H,8H2,1-2H3;1-6H3;;/q;;2*-1;+2. The molecule has 0 amide bonds. The van der Waals surface area contributed by atoms with Gasteiger partial charge >= 0.3 is 209 Å². The van der Waals surface area contributed by atoms with Crippen LogP contribution in [0.5, 0.6) is 0 Å². The summed E-state index contributed by atoms with van der Waals surface area (Å²) in [6.07, 6.45) is 0. The Balaban J connectivity index is 3.13. The summed E-state index contributed by atoms with van der Waals surface area (Å²) in [6, 6.07) is 17.5. The Bertz CT molecular complexity index is 923. The zero-order valence-corrected chi connectivity index (χ0v) is 27.1. The van der Waals surface area contributed by atoms with E-state index < -0.39 is 35.4 Å². The van der Waals surface area contributed by atoms with Crippen molar-refractivity contribution in [2.45, 2.75) is 52.4 Å². The molecule has 0 spiro atoms. The van der Waals surface area contributed by atoms with Crippen LogP contribution in [0.4, 0.5) is 0 Å². The maximum absolute atomic E-state index is 10.1. The van der Waals surface area contributed by atoms with Crippen LogP contribution >= 0.6 is 0 Å². The van der Waals surface area contributed by atoms with Crippen molar-refractivity contribution in [3.05, 3.63) is 70.1 Å². The van der Waals surface area contributed by atoms with E-state index in [1.807, 2.05) is 0 Å². The van der Waals surface area contributed by atoms with E-state index in [0.717, 1.165) is 13.1 Å². The van der Waals surface area contributed by atoms with Gasteiger partial charge in [0.05, 0.1) is 0 Å². The predicted octanol–water partition coefficient (Wildman–Crippen LogP) is 4.65. The number of nitrogens with zero attached hydrogens (tertiary/aromatic N) is 6. The van der Waals surface area contributed by atoms with Crippen LogP contribution in [0.25, 0.3) is 10.4 Å². The molecule has 0 saturated carbocycles. The van der Waals surface area contributed by atoms with Crippen LogP contribution in [0, 0.1) is 0 Å². The van der Waals surface area contributed by atoms with Gasteiger partial charge in [0.2, 0.25) is 0 Å². The zero-order chi connectivity index (χ0) is 25.0. The summed E-state index contributed by atoms with van der Waals surface area (Å²) in [4.78, 5) is 8.07. The Labute approximate surface area is 208 Å². The molecule has 0 heterocycles. The number of hydrogen-bond acceptors (Lipinski definition) is 4. The van der Waals surface area contributed by atoms with Crippen LogP contribution in [0.2, 0.25) is 39.3 Å². The molecule has 0 radical (unpaired) electrons. The van der Waals surface area contributed by atoms with E-state index >= 15 is 0 Å². The molecule has 0 atom stereocenters. The van der Waals surface area contributed by atoms with Gasteiger partial charge in [-0.05, 0) is 0 Å². The van der Waals surface area contributed by atoms with E-state index in [0.29, 0.717) is 0 Å². The van der Waals surface area contributed by atoms with Gasteiger partial charge in [-0.15, -0.1) is 0 Å². The van der Waals surface area contributed by atoms with Crippen molar-refractivity contribution < 1.29 is 0 Å². The topological polar surface area (TPSA) is 58.5 Å². The first kappa shape index (κ1) is 28.1. The van der Waals surface area contributed by atoms with Gasteiger partial charge in [0, 0.05) is 0 Å². The Morgan fingerprint density at radius 3 is 1.39 bits per heavy atom. The summed E-state index contributed by atoms with van der Waals surface area (Å²) < 4.78 is 10.5. The third kappa shape index (κ3) is 6.51. The zero-order valence-electron chi connectivity index (χ0n) is 22.2. The van der Waals surface area contributed by atoms with Crippen molar-refractivity contribution in [1.29, 1.82) is 0 Å². The van der Waals surface area contributed by atoms with E-state index in [9.17, 15) is 5.53 Å². The van der Waals surface area contributed by atoms with Gasteiger partial charge in [-0.3, -0.25) is 0 Å². The van der Waals surface area contributed by atoms with E-state index in [1.165, 1.54) is 18.3 Å². The van der Waals surface area contributed by atoms with Gasteiger partial charge < -0.3 is 0 Å². The van der Waals surface area contributed by atoms with Crippen LogP contribution in [0.3, 0.4) is 0 Å². The van der Waals surface area contributed by atoms with E-state index in [-0.39, 0.29) is 0 Å². The molecule has 0 aliphatic heterocycles. The minimum atomic E-state index is -4.16. The van der Waals surface area contributed by atoms with E-state index in [2.05, 4.69) is 133 Å². The fourth-order valence-corrected chi connectivity index (χ4v) is 44.5. The van der Waals surface area contributed by atoms with Crippen molar-refractivity contribution in [2.75, 3.05) is 28.2 Å². The van der Waals surface area contributed by atoms with Crippen LogP contribution in [0.15, 0.2) is 51.9 Å². The monoisotopic (exact) mass is 590 g/mol. The molecule has 33 heavy (non-hydrogen) atoms. The molecular formula is C24H42N6Si2Sn. The first-order valence-electron chi connectivity index (χ1n) is 11.6. The molecule has 0 aliphatic carbocycles.